The number of hydrogen-bond acceptors (Lipinski definition) is 3. The first kappa shape index (κ1) is 23.9. The van der Waals surface area contributed by atoms with Gasteiger partial charge in [-0.2, -0.15) is 0 Å². The van der Waals surface area contributed by atoms with Gasteiger partial charge in [-0.25, -0.2) is 0 Å². The zero-order valence-corrected chi connectivity index (χ0v) is 23.2. The molecule has 0 aliphatic rings. The van der Waals surface area contributed by atoms with Crippen LogP contribution < -0.4 is 4.90 Å². The van der Waals surface area contributed by atoms with Crippen molar-refractivity contribution in [1.82, 2.24) is 0 Å². The number of para-hydroxylation sites is 2. The first-order valence-electron chi connectivity index (χ1n) is 14.5. The van der Waals surface area contributed by atoms with Crippen molar-refractivity contribution < 1.29 is 8.83 Å². The molecule has 202 valence electrons. The number of rotatable bonds is 4. The summed E-state index contributed by atoms with van der Waals surface area (Å²) in [6.45, 7) is 0. The summed E-state index contributed by atoms with van der Waals surface area (Å²) in [6.07, 6.45) is 0. The molecule has 7 aromatic carbocycles. The third-order valence-corrected chi connectivity index (χ3v) is 8.44. The van der Waals surface area contributed by atoms with Gasteiger partial charge in [0.05, 0.1) is 11.1 Å². The Morgan fingerprint density at radius 3 is 2.02 bits per heavy atom. The summed E-state index contributed by atoms with van der Waals surface area (Å²) < 4.78 is 12.8. The Morgan fingerprint density at radius 2 is 1.12 bits per heavy atom. The van der Waals surface area contributed by atoms with E-state index in [1.54, 1.807) is 0 Å². The number of anilines is 3. The van der Waals surface area contributed by atoms with Crippen molar-refractivity contribution in [3.63, 3.8) is 0 Å². The molecule has 9 aromatic rings. The van der Waals surface area contributed by atoms with Crippen LogP contribution >= 0.6 is 0 Å². The Kier molecular flexibility index (Phi) is 5.20. The van der Waals surface area contributed by atoms with E-state index in [-0.39, 0.29) is 0 Å². The summed E-state index contributed by atoms with van der Waals surface area (Å²) in [7, 11) is 0. The van der Waals surface area contributed by atoms with Crippen molar-refractivity contribution >= 4 is 71.7 Å². The highest BCUT2D eigenvalue weighted by molar-refractivity contribution is 6.19. The molecule has 0 bridgehead atoms. The molecule has 0 radical (unpaired) electrons. The SMILES string of the molecule is c1ccc(N(c2cccc(-c3cccc4oc5c6ccccc6ccc5c34)c2)c2cccc3oc4ccccc4c23)cc1. The molecule has 43 heavy (non-hydrogen) atoms. The number of furan rings is 2. The minimum Gasteiger partial charge on any atom is -0.456 e. The van der Waals surface area contributed by atoms with E-state index >= 15 is 0 Å². The summed E-state index contributed by atoms with van der Waals surface area (Å²) in [5.74, 6) is 0. The predicted octanol–water partition coefficient (Wildman–Crippen LogP) is 11.8. The fourth-order valence-electron chi connectivity index (χ4n) is 6.55. The van der Waals surface area contributed by atoms with Gasteiger partial charge in [0.15, 0.2) is 0 Å². The molecule has 0 spiro atoms. The number of hydrogen-bond donors (Lipinski definition) is 0. The van der Waals surface area contributed by atoms with Gasteiger partial charge in [-0.3, -0.25) is 0 Å². The third kappa shape index (κ3) is 3.68. The van der Waals surface area contributed by atoms with Crippen LogP contribution in [0, 0.1) is 0 Å². The van der Waals surface area contributed by atoms with Crippen LogP contribution in [-0.4, -0.2) is 0 Å². The van der Waals surface area contributed by atoms with E-state index in [4.69, 9.17) is 8.83 Å². The van der Waals surface area contributed by atoms with Crippen LogP contribution in [0.4, 0.5) is 17.1 Å². The van der Waals surface area contributed by atoms with Crippen LogP contribution in [0.15, 0.2) is 160 Å². The molecule has 2 aromatic heterocycles. The molecule has 2 heterocycles. The first-order valence-corrected chi connectivity index (χ1v) is 14.5. The molecule has 3 heteroatoms. The number of fused-ring (bicyclic) bond motifs is 8. The lowest BCUT2D eigenvalue weighted by Gasteiger charge is -2.26. The lowest BCUT2D eigenvalue weighted by Crippen LogP contribution is -2.10. The van der Waals surface area contributed by atoms with Gasteiger partial charge in [0.2, 0.25) is 0 Å². The van der Waals surface area contributed by atoms with E-state index in [1.807, 2.05) is 18.2 Å². The number of nitrogens with zero attached hydrogens (tertiary/aromatic N) is 1. The Bertz CT molecular complexity index is 2470. The van der Waals surface area contributed by atoms with E-state index in [2.05, 4.69) is 138 Å². The van der Waals surface area contributed by atoms with Gasteiger partial charge in [0.25, 0.3) is 0 Å². The van der Waals surface area contributed by atoms with Crippen LogP contribution in [0.2, 0.25) is 0 Å². The zero-order chi connectivity index (χ0) is 28.3. The van der Waals surface area contributed by atoms with E-state index in [0.29, 0.717) is 0 Å². The fraction of sp³-hybridized carbons (Fsp3) is 0. The normalized spacial score (nSPS) is 11.7. The highest BCUT2D eigenvalue weighted by Gasteiger charge is 2.20. The minimum atomic E-state index is 0.873. The molecule has 0 saturated heterocycles. The third-order valence-electron chi connectivity index (χ3n) is 8.44. The largest absolute Gasteiger partial charge is 0.456 e. The summed E-state index contributed by atoms with van der Waals surface area (Å²) >= 11 is 0. The van der Waals surface area contributed by atoms with Gasteiger partial charge >= 0.3 is 0 Å². The van der Waals surface area contributed by atoms with E-state index < -0.39 is 0 Å². The van der Waals surface area contributed by atoms with Crippen LogP contribution in [0.1, 0.15) is 0 Å². The summed E-state index contributed by atoms with van der Waals surface area (Å²) in [4.78, 5) is 2.33. The molecule has 0 amide bonds. The van der Waals surface area contributed by atoms with Crippen molar-refractivity contribution in [3.8, 4) is 11.1 Å². The highest BCUT2D eigenvalue weighted by atomic mass is 16.3. The van der Waals surface area contributed by atoms with E-state index in [0.717, 1.165) is 77.5 Å². The first-order chi connectivity index (χ1) is 21.3. The second kappa shape index (κ2) is 9.37. The maximum atomic E-state index is 6.50. The maximum absolute atomic E-state index is 6.50. The van der Waals surface area contributed by atoms with Crippen molar-refractivity contribution in [2.24, 2.45) is 0 Å². The van der Waals surface area contributed by atoms with Gasteiger partial charge in [0.1, 0.15) is 22.3 Å². The molecular formula is C40H25NO2. The minimum absolute atomic E-state index is 0.873. The maximum Gasteiger partial charge on any atom is 0.143 e. The van der Waals surface area contributed by atoms with Gasteiger partial charge in [-0.05, 0) is 71.1 Å². The molecular weight excluding hydrogens is 526 g/mol. The van der Waals surface area contributed by atoms with Gasteiger partial charge in [0, 0.05) is 32.9 Å². The molecule has 0 aliphatic heterocycles. The van der Waals surface area contributed by atoms with Crippen molar-refractivity contribution in [2.75, 3.05) is 4.90 Å². The average Bonchev–Trinajstić information content (AvgIpc) is 3.65. The Hall–Kier alpha value is -5.80. The van der Waals surface area contributed by atoms with E-state index in [9.17, 15) is 0 Å². The van der Waals surface area contributed by atoms with E-state index in [1.165, 1.54) is 5.39 Å². The van der Waals surface area contributed by atoms with Crippen LogP contribution in [0.3, 0.4) is 0 Å². The Labute approximate surface area is 247 Å². The monoisotopic (exact) mass is 551 g/mol. The van der Waals surface area contributed by atoms with Crippen molar-refractivity contribution in [2.45, 2.75) is 0 Å². The van der Waals surface area contributed by atoms with Crippen LogP contribution in [-0.2, 0) is 0 Å². The molecule has 0 fully saturated rings. The molecule has 0 unspecified atom stereocenters. The standard InChI is InChI=1S/C40H25NO2/c1-2-13-28(14-3-1)41(34-19-10-22-37-39(34)32-17-6-7-20-35(32)42-37)29-15-8-12-27(25-29)30-18-9-21-36-38(30)33-24-23-26-11-4-5-16-31(26)40(33)43-36/h1-25H. The topological polar surface area (TPSA) is 29.5 Å². The predicted molar refractivity (Wildman–Crippen MR) is 179 cm³/mol. The summed E-state index contributed by atoms with van der Waals surface area (Å²) in [5, 5.41) is 6.77. The quantitative estimate of drug-likeness (QED) is 0.218. The molecule has 0 N–H and O–H groups in total. The average molecular weight is 552 g/mol. The van der Waals surface area contributed by atoms with Gasteiger partial charge < -0.3 is 13.7 Å². The molecule has 9 rings (SSSR count). The Morgan fingerprint density at radius 1 is 0.419 bits per heavy atom. The smallest absolute Gasteiger partial charge is 0.143 e. The zero-order valence-electron chi connectivity index (χ0n) is 23.2. The summed E-state index contributed by atoms with van der Waals surface area (Å²) in [6, 6.07) is 53.0. The second-order valence-electron chi connectivity index (χ2n) is 10.9. The summed E-state index contributed by atoms with van der Waals surface area (Å²) in [5.41, 5.74) is 9.08. The van der Waals surface area contributed by atoms with Crippen molar-refractivity contribution in [1.29, 1.82) is 0 Å². The number of benzene rings is 7. The molecule has 3 nitrogen and oxygen atoms in total. The second-order valence-corrected chi connectivity index (χ2v) is 10.9. The highest BCUT2D eigenvalue weighted by Crippen LogP contribution is 2.45. The lowest BCUT2D eigenvalue weighted by atomic mass is 9.97. The van der Waals surface area contributed by atoms with Gasteiger partial charge in [-0.15, -0.1) is 0 Å². The molecule has 0 aliphatic carbocycles. The molecule has 0 saturated carbocycles. The van der Waals surface area contributed by atoms with Gasteiger partial charge in [-0.1, -0.05) is 97.1 Å². The molecule has 0 atom stereocenters. The van der Waals surface area contributed by atoms with Crippen LogP contribution in [0.25, 0.3) is 65.8 Å². The Balaban J connectivity index is 1.29. The fourth-order valence-corrected chi connectivity index (χ4v) is 6.55. The lowest BCUT2D eigenvalue weighted by molar-refractivity contribution is 0.669. The van der Waals surface area contributed by atoms with Crippen molar-refractivity contribution in [3.05, 3.63) is 152 Å². The van der Waals surface area contributed by atoms with Crippen LogP contribution in [0.5, 0.6) is 0 Å².